The Kier molecular flexibility index (Phi) is 2.01. The van der Waals surface area contributed by atoms with E-state index in [1.165, 1.54) is 0 Å². The Bertz CT molecular complexity index is 271. The summed E-state index contributed by atoms with van der Waals surface area (Å²) in [6.07, 6.45) is 0. The third kappa shape index (κ3) is 1.12. The Hall–Kier alpha value is -1.56. The number of nitrogens with two attached hydrogens (primary N) is 1. The molecule has 1 aliphatic heterocycles. The van der Waals surface area contributed by atoms with Crippen molar-refractivity contribution in [1.29, 1.82) is 0 Å². The van der Waals surface area contributed by atoms with Gasteiger partial charge in [-0.15, -0.1) is 0 Å². The Morgan fingerprint density at radius 3 is 2.42 bits per heavy atom. The highest BCUT2D eigenvalue weighted by atomic mass is 16.3. The van der Waals surface area contributed by atoms with E-state index in [1.54, 1.807) is 6.92 Å². The van der Waals surface area contributed by atoms with Crippen molar-refractivity contribution < 1.29 is 14.7 Å². The predicted octanol–water partition coefficient (Wildman–Crippen LogP) is -1.39. The zero-order valence-electron chi connectivity index (χ0n) is 6.50. The molecular weight excluding hydrogens is 162 g/mol. The lowest BCUT2D eigenvalue weighted by Crippen LogP contribution is -2.35. The number of nitrogens with one attached hydrogen (secondary N) is 1. The normalized spacial score (nSPS) is 16.8. The molecule has 1 aliphatic rings. The van der Waals surface area contributed by atoms with Gasteiger partial charge in [-0.1, -0.05) is 0 Å². The summed E-state index contributed by atoms with van der Waals surface area (Å²) in [7, 11) is 0. The fourth-order valence-electron chi connectivity index (χ4n) is 0.861. The van der Waals surface area contributed by atoms with Crippen LogP contribution >= 0.6 is 0 Å². The fraction of sp³-hybridized carbons (Fsp3) is 0.333. The van der Waals surface area contributed by atoms with Crippen molar-refractivity contribution in [2.24, 2.45) is 5.84 Å². The van der Waals surface area contributed by atoms with Gasteiger partial charge in [0.2, 0.25) is 5.76 Å². The smallest absolute Gasteiger partial charge is 0.295 e. The van der Waals surface area contributed by atoms with Gasteiger partial charge in [0.15, 0.2) is 5.70 Å². The number of carbonyl (C=O) groups is 2. The first kappa shape index (κ1) is 8.54. The van der Waals surface area contributed by atoms with Crippen molar-refractivity contribution in [1.82, 2.24) is 10.3 Å². The molecule has 0 aromatic carbocycles. The van der Waals surface area contributed by atoms with E-state index in [0.717, 1.165) is 5.01 Å². The van der Waals surface area contributed by atoms with Crippen LogP contribution in [0.15, 0.2) is 11.5 Å². The quantitative estimate of drug-likeness (QED) is 0.270. The lowest BCUT2D eigenvalue weighted by atomic mass is 10.4. The van der Waals surface area contributed by atoms with Crippen LogP contribution in [0.3, 0.4) is 0 Å². The van der Waals surface area contributed by atoms with Crippen LogP contribution in [0.2, 0.25) is 0 Å². The number of rotatable bonds is 2. The minimum absolute atomic E-state index is 0.178. The van der Waals surface area contributed by atoms with Crippen molar-refractivity contribution in [2.75, 3.05) is 6.54 Å². The molecule has 0 aliphatic carbocycles. The Balaban J connectivity index is 3.00. The van der Waals surface area contributed by atoms with Crippen LogP contribution in [-0.2, 0) is 9.59 Å². The van der Waals surface area contributed by atoms with Gasteiger partial charge in [0, 0.05) is 6.54 Å². The zero-order valence-corrected chi connectivity index (χ0v) is 6.50. The summed E-state index contributed by atoms with van der Waals surface area (Å²) in [5.74, 6) is 3.23. The number of nitrogens with zero attached hydrogens (tertiary/aromatic N) is 1. The third-order valence-electron chi connectivity index (χ3n) is 1.51. The second-order valence-corrected chi connectivity index (χ2v) is 2.27. The first-order valence-corrected chi connectivity index (χ1v) is 3.39. The molecule has 0 spiro atoms. The Labute approximate surface area is 68.6 Å². The number of hydrazine groups is 1. The molecule has 6 nitrogen and oxygen atoms in total. The summed E-state index contributed by atoms with van der Waals surface area (Å²) in [6.45, 7) is 2.02. The minimum atomic E-state index is -0.807. The molecule has 0 aromatic rings. The second-order valence-electron chi connectivity index (χ2n) is 2.27. The van der Waals surface area contributed by atoms with Crippen LogP contribution in [0.25, 0.3) is 0 Å². The monoisotopic (exact) mass is 171 g/mol. The van der Waals surface area contributed by atoms with E-state index in [9.17, 15) is 9.59 Å². The molecule has 0 radical (unpaired) electrons. The molecule has 0 bridgehead atoms. The third-order valence-corrected chi connectivity index (χ3v) is 1.51. The Morgan fingerprint density at radius 2 is 2.08 bits per heavy atom. The summed E-state index contributed by atoms with van der Waals surface area (Å²) < 4.78 is 0. The number of likely N-dealkylation sites (N-methyl/N-ethyl adjacent to an activating group) is 1. The number of amides is 2. The maximum Gasteiger partial charge on any atom is 0.295 e. The molecule has 0 atom stereocenters. The number of carbonyl (C=O) groups excluding carboxylic acids is 2. The van der Waals surface area contributed by atoms with Gasteiger partial charge in [0.05, 0.1) is 0 Å². The molecule has 6 heteroatoms. The summed E-state index contributed by atoms with van der Waals surface area (Å²) >= 11 is 0. The largest absolute Gasteiger partial charge is 0.501 e. The van der Waals surface area contributed by atoms with E-state index in [-0.39, 0.29) is 5.70 Å². The van der Waals surface area contributed by atoms with Crippen molar-refractivity contribution in [2.45, 2.75) is 6.92 Å². The van der Waals surface area contributed by atoms with Gasteiger partial charge >= 0.3 is 0 Å². The number of aliphatic hydroxyl groups is 1. The fourth-order valence-corrected chi connectivity index (χ4v) is 0.861. The molecular formula is C6H9N3O3. The Morgan fingerprint density at radius 1 is 1.50 bits per heavy atom. The summed E-state index contributed by atoms with van der Waals surface area (Å²) in [5, 5.41) is 12.0. The number of hydrogen-bond donors (Lipinski definition) is 3. The van der Waals surface area contributed by atoms with Gasteiger partial charge < -0.3 is 10.1 Å². The van der Waals surface area contributed by atoms with Gasteiger partial charge in [-0.05, 0) is 6.92 Å². The molecule has 12 heavy (non-hydrogen) atoms. The second kappa shape index (κ2) is 2.82. The SMILES string of the molecule is CCN(N)C1=C(O)C(=O)NC1=O. The van der Waals surface area contributed by atoms with Crippen molar-refractivity contribution in [3.05, 3.63) is 11.5 Å². The van der Waals surface area contributed by atoms with Crippen LogP contribution in [0.5, 0.6) is 0 Å². The maximum absolute atomic E-state index is 10.9. The molecule has 0 unspecified atom stereocenters. The van der Waals surface area contributed by atoms with E-state index in [2.05, 4.69) is 0 Å². The lowest BCUT2D eigenvalue weighted by molar-refractivity contribution is -0.125. The van der Waals surface area contributed by atoms with Crippen molar-refractivity contribution in [3.63, 3.8) is 0 Å². The van der Waals surface area contributed by atoms with Gasteiger partial charge in [0.25, 0.3) is 11.8 Å². The van der Waals surface area contributed by atoms with Gasteiger partial charge in [-0.2, -0.15) is 0 Å². The molecule has 0 fully saturated rings. The van der Waals surface area contributed by atoms with Crippen LogP contribution in [0.4, 0.5) is 0 Å². The molecule has 0 saturated heterocycles. The summed E-state index contributed by atoms with van der Waals surface area (Å²) in [4.78, 5) is 21.6. The topological polar surface area (TPSA) is 95.7 Å². The zero-order chi connectivity index (χ0) is 9.30. The number of hydrogen-bond acceptors (Lipinski definition) is 5. The highest BCUT2D eigenvalue weighted by Gasteiger charge is 2.32. The van der Waals surface area contributed by atoms with Gasteiger partial charge in [-0.25, -0.2) is 5.84 Å². The highest BCUT2D eigenvalue weighted by molar-refractivity contribution is 6.17. The van der Waals surface area contributed by atoms with Gasteiger partial charge in [0.1, 0.15) is 0 Å². The molecule has 2 amide bonds. The van der Waals surface area contributed by atoms with Crippen LogP contribution in [0, 0.1) is 0 Å². The average molecular weight is 171 g/mol. The molecule has 0 saturated carbocycles. The first-order chi connectivity index (χ1) is 5.57. The van der Waals surface area contributed by atoms with Crippen LogP contribution in [0.1, 0.15) is 6.92 Å². The van der Waals surface area contributed by atoms with E-state index in [4.69, 9.17) is 10.9 Å². The predicted molar refractivity (Wildman–Crippen MR) is 39.4 cm³/mol. The van der Waals surface area contributed by atoms with E-state index in [1.807, 2.05) is 5.32 Å². The first-order valence-electron chi connectivity index (χ1n) is 3.39. The molecule has 1 heterocycles. The van der Waals surface area contributed by atoms with Crippen molar-refractivity contribution in [3.8, 4) is 0 Å². The summed E-state index contributed by atoms with van der Waals surface area (Å²) in [5.41, 5.74) is -0.178. The highest BCUT2D eigenvalue weighted by Crippen LogP contribution is 2.10. The average Bonchev–Trinajstić information content (AvgIpc) is 2.26. The number of imide groups is 1. The minimum Gasteiger partial charge on any atom is -0.501 e. The molecule has 0 aromatic heterocycles. The summed E-state index contributed by atoms with van der Waals surface area (Å²) in [6, 6.07) is 0. The molecule has 4 N–H and O–H groups in total. The standard InChI is InChI=1S/C6H9N3O3/c1-2-9(7)3-4(10)6(12)8-5(3)11/h2,7H2,1H3,(H2,8,10,11,12). The lowest BCUT2D eigenvalue weighted by Gasteiger charge is -2.14. The maximum atomic E-state index is 10.9. The van der Waals surface area contributed by atoms with Gasteiger partial charge in [-0.3, -0.25) is 14.9 Å². The molecule has 66 valence electrons. The van der Waals surface area contributed by atoms with E-state index >= 15 is 0 Å². The van der Waals surface area contributed by atoms with Crippen LogP contribution < -0.4 is 11.2 Å². The molecule has 1 rings (SSSR count). The van der Waals surface area contributed by atoms with Crippen LogP contribution in [-0.4, -0.2) is 28.5 Å². The van der Waals surface area contributed by atoms with E-state index in [0.29, 0.717) is 6.54 Å². The van der Waals surface area contributed by atoms with Crippen molar-refractivity contribution >= 4 is 11.8 Å². The van der Waals surface area contributed by atoms with E-state index < -0.39 is 17.6 Å². The number of aliphatic hydroxyl groups excluding tert-OH is 1.